The Labute approximate surface area is 118 Å². The summed E-state index contributed by atoms with van der Waals surface area (Å²) < 4.78 is 0. The highest BCUT2D eigenvalue weighted by Crippen LogP contribution is 2.24. The Morgan fingerprint density at radius 2 is 2.15 bits per heavy atom. The van der Waals surface area contributed by atoms with Crippen molar-refractivity contribution < 1.29 is 9.63 Å². The van der Waals surface area contributed by atoms with Crippen molar-refractivity contribution in [3.05, 3.63) is 28.2 Å². The van der Waals surface area contributed by atoms with E-state index in [1.807, 2.05) is 6.92 Å². The van der Waals surface area contributed by atoms with Gasteiger partial charge in [-0.25, -0.2) is 10.2 Å². The predicted molar refractivity (Wildman–Crippen MR) is 74.1 cm³/mol. The number of hydroxylamine groups is 2. The summed E-state index contributed by atoms with van der Waals surface area (Å²) >= 11 is 0. The third-order valence-corrected chi connectivity index (χ3v) is 3.56. The molecule has 0 spiro atoms. The monoisotopic (exact) mass is 279 g/mol. The van der Waals surface area contributed by atoms with Gasteiger partial charge in [-0.15, -0.1) is 0 Å². The summed E-state index contributed by atoms with van der Waals surface area (Å²) in [6, 6.07) is 2.72. The van der Waals surface area contributed by atoms with E-state index in [9.17, 15) is 9.59 Å². The van der Waals surface area contributed by atoms with Crippen molar-refractivity contribution in [2.24, 2.45) is 5.92 Å². The minimum Gasteiger partial charge on any atom is -0.271 e. The van der Waals surface area contributed by atoms with Crippen LogP contribution in [0.4, 0.5) is 0 Å². The number of rotatable bonds is 5. The van der Waals surface area contributed by atoms with Crippen LogP contribution in [0.5, 0.6) is 0 Å². The molecular weight excluding hydrogens is 258 g/mol. The van der Waals surface area contributed by atoms with Crippen molar-refractivity contribution >= 4 is 5.91 Å². The van der Waals surface area contributed by atoms with Crippen LogP contribution in [0.3, 0.4) is 0 Å². The van der Waals surface area contributed by atoms with Crippen molar-refractivity contribution in [3.63, 3.8) is 0 Å². The summed E-state index contributed by atoms with van der Waals surface area (Å²) in [6.07, 6.45) is 5.98. The lowest BCUT2D eigenvalue weighted by Crippen LogP contribution is -2.37. The molecule has 1 saturated carbocycles. The van der Waals surface area contributed by atoms with Gasteiger partial charge in [0.15, 0.2) is 5.69 Å². The Balaban J connectivity index is 2.04. The van der Waals surface area contributed by atoms with Gasteiger partial charge < -0.3 is 0 Å². The number of hydrogen-bond donors (Lipinski definition) is 1. The van der Waals surface area contributed by atoms with Crippen molar-refractivity contribution in [1.82, 2.24) is 15.3 Å². The maximum absolute atomic E-state index is 12.3. The fourth-order valence-electron chi connectivity index (χ4n) is 2.55. The topological polar surface area (TPSA) is 75.3 Å². The van der Waals surface area contributed by atoms with Gasteiger partial charge in [0, 0.05) is 6.07 Å². The van der Waals surface area contributed by atoms with Crippen LogP contribution in [-0.4, -0.2) is 34.3 Å². The minimum atomic E-state index is -0.322. The van der Waals surface area contributed by atoms with Gasteiger partial charge in [-0.1, -0.05) is 19.3 Å². The smallest absolute Gasteiger partial charge is 0.271 e. The van der Waals surface area contributed by atoms with E-state index in [-0.39, 0.29) is 17.2 Å². The number of H-pyrrole nitrogens is 1. The van der Waals surface area contributed by atoms with Crippen LogP contribution in [0.15, 0.2) is 16.9 Å². The Morgan fingerprint density at radius 3 is 2.75 bits per heavy atom. The van der Waals surface area contributed by atoms with Gasteiger partial charge in [0.05, 0.1) is 13.2 Å². The molecule has 2 rings (SSSR count). The fraction of sp³-hybridized carbons (Fsp3) is 0.643. The van der Waals surface area contributed by atoms with Gasteiger partial charge in [-0.3, -0.25) is 14.4 Å². The van der Waals surface area contributed by atoms with Crippen LogP contribution in [-0.2, 0) is 4.84 Å². The first-order valence-corrected chi connectivity index (χ1v) is 7.21. The van der Waals surface area contributed by atoms with E-state index in [4.69, 9.17) is 4.84 Å². The zero-order chi connectivity index (χ0) is 14.4. The lowest BCUT2D eigenvalue weighted by Gasteiger charge is -2.28. The van der Waals surface area contributed by atoms with E-state index in [2.05, 4.69) is 10.2 Å². The number of aromatic nitrogens is 2. The first-order chi connectivity index (χ1) is 9.70. The number of carbonyl (C=O) groups excluding carboxylic acids is 1. The molecule has 0 saturated heterocycles. The second-order valence-corrected chi connectivity index (χ2v) is 5.09. The highest BCUT2D eigenvalue weighted by atomic mass is 16.7. The molecule has 1 N–H and O–H groups in total. The molecule has 0 aromatic carbocycles. The third kappa shape index (κ3) is 3.90. The largest absolute Gasteiger partial charge is 0.297 e. The summed E-state index contributed by atoms with van der Waals surface area (Å²) in [4.78, 5) is 28.8. The average molecular weight is 279 g/mol. The summed E-state index contributed by atoms with van der Waals surface area (Å²) in [5, 5.41) is 7.42. The fourth-order valence-corrected chi connectivity index (χ4v) is 2.55. The second-order valence-electron chi connectivity index (χ2n) is 5.09. The highest BCUT2D eigenvalue weighted by molar-refractivity contribution is 5.91. The van der Waals surface area contributed by atoms with E-state index in [1.165, 1.54) is 36.5 Å². The molecule has 0 radical (unpaired) electrons. The van der Waals surface area contributed by atoms with Crippen molar-refractivity contribution in [2.45, 2.75) is 39.0 Å². The van der Waals surface area contributed by atoms with Crippen molar-refractivity contribution in [3.8, 4) is 0 Å². The Morgan fingerprint density at radius 1 is 1.40 bits per heavy atom. The summed E-state index contributed by atoms with van der Waals surface area (Å²) in [6.45, 7) is 2.87. The molecule has 110 valence electrons. The van der Waals surface area contributed by atoms with E-state index >= 15 is 0 Å². The van der Waals surface area contributed by atoms with E-state index < -0.39 is 0 Å². The molecule has 0 aliphatic heterocycles. The molecule has 1 heterocycles. The van der Waals surface area contributed by atoms with Crippen LogP contribution >= 0.6 is 0 Å². The van der Waals surface area contributed by atoms with Crippen LogP contribution in [0.25, 0.3) is 0 Å². The number of nitrogens with one attached hydrogen (secondary N) is 1. The molecule has 0 bridgehead atoms. The molecule has 1 aliphatic rings. The van der Waals surface area contributed by atoms with Gasteiger partial charge in [0.2, 0.25) is 0 Å². The third-order valence-electron chi connectivity index (χ3n) is 3.56. The Kier molecular flexibility index (Phi) is 5.29. The van der Waals surface area contributed by atoms with E-state index in [0.29, 0.717) is 19.1 Å². The molecule has 6 nitrogen and oxygen atoms in total. The van der Waals surface area contributed by atoms with Gasteiger partial charge >= 0.3 is 0 Å². The molecule has 1 aromatic heterocycles. The molecule has 20 heavy (non-hydrogen) atoms. The quantitative estimate of drug-likeness (QED) is 0.833. The summed E-state index contributed by atoms with van der Waals surface area (Å²) in [7, 11) is 0. The lowest BCUT2D eigenvalue weighted by atomic mass is 9.89. The van der Waals surface area contributed by atoms with Crippen molar-refractivity contribution in [2.75, 3.05) is 13.2 Å². The minimum absolute atomic E-state index is 0.203. The summed E-state index contributed by atoms with van der Waals surface area (Å²) in [5.74, 6) is 0.190. The summed E-state index contributed by atoms with van der Waals surface area (Å²) in [5.41, 5.74) is -0.120. The van der Waals surface area contributed by atoms with Gasteiger partial charge in [-0.05, 0) is 31.7 Å². The zero-order valence-corrected chi connectivity index (χ0v) is 11.8. The molecule has 0 unspecified atom stereocenters. The van der Waals surface area contributed by atoms with E-state index in [1.54, 1.807) is 0 Å². The van der Waals surface area contributed by atoms with Crippen molar-refractivity contribution in [1.29, 1.82) is 0 Å². The molecule has 1 amide bonds. The number of carbonyl (C=O) groups is 1. The standard InChI is InChI=1S/C14H21N3O3/c1-2-20-17(10-11-6-4-3-5-7-11)14(19)12-8-9-13(18)16-15-12/h8-9,11H,2-7,10H2,1H3,(H,16,18). The molecule has 0 atom stereocenters. The normalized spacial score (nSPS) is 16.1. The Hall–Kier alpha value is -1.69. The number of aromatic amines is 1. The van der Waals surface area contributed by atoms with Crippen LogP contribution in [0.1, 0.15) is 49.5 Å². The van der Waals surface area contributed by atoms with Crippen LogP contribution in [0.2, 0.25) is 0 Å². The molecule has 6 heteroatoms. The number of nitrogens with zero attached hydrogens (tertiary/aromatic N) is 2. The van der Waals surface area contributed by atoms with E-state index in [0.717, 1.165) is 12.8 Å². The average Bonchev–Trinajstić information content (AvgIpc) is 2.48. The van der Waals surface area contributed by atoms with Crippen LogP contribution in [0, 0.1) is 5.92 Å². The van der Waals surface area contributed by atoms with Gasteiger partial charge in [0.25, 0.3) is 11.5 Å². The van der Waals surface area contributed by atoms with Gasteiger partial charge in [-0.2, -0.15) is 5.10 Å². The molecule has 1 aromatic rings. The maximum atomic E-state index is 12.3. The number of hydrogen-bond acceptors (Lipinski definition) is 4. The van der Waals surface area contributed by atoms with Crippen LogP contribution < -0.4 is 5.56 Å². The Bertz CT molecular complexity index is 474. The maximum Gasteiger partial charge on any atom is 0.297 e. The zero-order valence-electron chi connectivity index (χ0n) is 11.8. The number of amides is 1. The SMILES string of the molecule is CCON(CC1CCCCC1)C(=O)c1ccc(=O)[nH]n1. The highest BCUT2D eigenvalue weighted by Gasteiger charge is 2.23. The second kappa shape index (κ2) is 7.19. The van der Waals surface area contributed by atoms with Gasteiger partial charge in [0.1, 0.15) is 0 Å². The lowest BCUT2D eigenvalue weighted by molar-refractivity contribution is -0.128. The first-order valence-electron chi connectivity index (χ1n) is 7.21. The molecule has 1 aliphatic carbocycles. The molecule has 1 fully saturated rings. The first kappa shape index (κ1) is 14.7. The molecular formula is C14H21N3O3. The predicted octanol–water partition coefficient (Wildman–Crippen LogP) is 1.74.